The molecule has 1 aliphatic rings. The average molecular weight is 329 g/mol. The number of rotatable bonds is 7. The smallest absolute Gasteiger partial charge is 0.375 e. The number of esters is 1. The summed E-state index contributed by atoms with van der Waals surface area (Å²) in [5.74, 6) is 0.307. The Morgan fingerprint density at radius 3 is 2.67 bits per heavy atom. The molecule has 1 saturated carbocycles. The van der Waals surface area contributed by atoms with Gasteiger partial charge in [-0.1, -0.05) is 18.2 Å². The molecule has 0 spiro atoms. The summed E-state index contributed by atoms with van der Waals surface area (Å²) < 4.78 is 16.1. The Kier molecular flexibility index (Phi) is 4.84. The van der Waals surface area contributed by atoms with Gasteiger partial charge in [0.05, 0.1) is 0 Å². The van der Waals surface area contributed by atoms with Crippen molar-refractivity contribution < 1.29 is 23.5 Å². The van der Waals surface area contributed by atoms with Crippen LogP contribution in [0.4, 0.5) is 0 Å². The SMILES string of the molecule is CC(OC(=O)c1ccc(COc2ccccc2)o1)C(=O)NC1CC1. The van der Waals surface area contributed by atoms with E-state index in [9.17, 15) is 9.59 Å². The predicted octanol–water partition coefficient (Wildman–Crippen LogP) is 2.68. The van der Waals surface area contributed by atoms with Gasteiger partial charge in [0, 0.05) is 6.04 Å². The number of carbonyl (C=O) groups is 2. The van der Waals surface area contributed by atoms with E-state index in [1.807, 2.05) is 30.3 Å². The van der Waals surface area contributed by atoms with Gasteiger partial charge in [-0.15, -0.1) is 0 Å². The highest BCUT2D eigenvalue weighted by molar-refractivity contribution is 5.90. The summed E-state index contributed by atoms with van der Waals surface area (Å²) in [6.07, 6.45) is 1.11. The molecule has 1 aromatic heterocycles. The maximum atomic E-state index is 12.0. The number of benzene rings is 1. The summed E-state index contributed by atoms with van der Waals surface area (Å²) in [6.45, 7) is 1.74. The standard InChI is InChI=1S/C18H19NO5/c1-12(17(20)19-13-7-8-13)23-18(21)16-10-9-15(24-16)11-22-14-5-3-2-4-6-14/h2-6,9-10,12-13H,7-8,11H2,1H3,(H,19,20). The molecule has 1 amide bonds. The van der Waals surface area contributed by atoms with E-state index in [1.165, 1.54) is 13.0 Å². The molecule has 1 fully saturated rings. The highest BCUT2D eigenvalue weighted by Crippen LogP contribution is 2.19. The van der Waals surface area contributed by atoms with Crippen LogP contribution in [0.2, 0.25) is 0 Å². The maximum Gasteiger partial charge on any atom is 0.375 e. The molecule has 1 N–H and O–H groups in total. The normalized spacial score (nSPS) is 14.7. The third-order valence-corrected chi connectivity index (χ3v) is 3.56. The molecular formula is C18H19NO5. The van der Waals surface area contributed by atoms with Gasteiger partial charge in [0.1, 0.15) is 18.1 Å². The largest absolute Gasteiger partial charge is 0.486 e. The molecule has 1 aliphatic carbocycles. The van der Waals surface area contributed by atoms with Gasteiger partial charge in [-0.05, 0) is 44.0 Å². The number of hydrogen-bond acceptors (Lipinski definition) is 5. The number of para-hydroxylation sites is 1. The zero-order valence-electron chi connectivity index (χ0n) is 13.4. The Hall–Kier alpha value is -2.76. The predicted molar refractivity (Wildman–Crippen MR) is 85.5 cm³/mol. The van der Waals surface area contributed by atoms with Crippen LogP contribution in [0.25, 0.3) is 0 Å². The monoisotopic (exact) mass is 329 g/mol. The first-order valence-corrected chi connectivity index (χ1v) is 7.90. The number of ether oxygens (including phenoxy) is 2. The molecule has 6 nitrogen and oxygen atoms in total. The van der Waals surface area contributed by atoms with Crippen molar-refractivity contribution in [2.45, 2.75) is 38.5 Å². The van der Waals surface area contributed by atoms with E-state index in [1.54, 1.807) is 6.07 Å². The van der Waals surface area contributed by atoms with Gasteiger partial charge < -0.3 is 19.2 Å². The van der Waals surface area contributed by atoms with E-state index in [-0.39, 0.29) is 24.3 Å². The van der Waals surface area contributed by atoms with Gasteiger partial charge in [-0.25, -0.2) is 4.79 Å². The Morgan fingerprint density at radius 1 is 1.21 bits per heavy atom. The average Bonchev–Trinajstić information content (AvgIpc) is 3.27. The number of nitrogens with one attached hydrogen (secondary N) is 1. The second-order valence-electron chi connectivity index (χ2n) is 5.70. The van der Waals surface area contributed by atoms with Crippen LogP contribution in [0.5, 0.6) is 5.75 Å². The first-order valence-electron chi connectivity index (χ1n) is 7.90. The molecule has 2 aromatic rings. The van der Waals surface area contributed by atoms with Crippen molar-refractivity contribution in [1.29, 1.82) is 0 Å². The second-order valence-corrected chi connectivity index (χ2v) is 5.70. The Bertz CT molecular complexity index is 705. The molecule has 0 aliphatic heterocycles. The van der Waals surface area contributed by atoms with Gasteiger partial charge in [-0.3, -0.25) is 4.79 Å². The van der Waals surface area contributed by atoms with Crippen LogP contribution in [-0.4, -0.2) is 24.0 Å². The van der Waals surface area contributed by atoms with Gasteiger partial charge in [0.25, 0.3) is 5.91 Å². The summed E-state index contributed by atoms with van der Waals surface area (Å²) in [6, 6.07) is 12.7. The lowest BCUT2D eigenvalue weighted by Gasteiger charge is -2.12. The second kappa shape index (κ2) is 7.21. The van der Waals surface area contributed by atoms with Crippen LogP contribution in [0, 0.1) is 0 Å². The first-order chi connectivity index (χ1) is 11.6. The quantitative estimate of drug-likeness (QED) is 0.790. The Morgan fingerprint density at radius 2 is 1.96 bits per heavy atom. The van der Waals surface area contributed by atoms with Crippen LogP contribution in [0.1, 0.15) is 36.1 Å². The zero-order valence-corrected chi connectivity index (χ0v) is 13.4. The molecule has 3 rings (SSSR count). The van der Waals surface area contributed by atoms with Crippen molar-refractivity contribution in [3.8, 4) is 5.75 Å². The van der Waals surface area contributed by atoms with Crippen LogP contribution in [0.15, 0.2) is 46.9 Å². The fourth-order valence-electron chi connectivity index (χ4n) is 2.05. The highest BCUT2D eigenvalue weighted by atomic mass is 16.6. The molecule has 1 aromatic carbocycles. The van der Waals surface area contributed by atoms with Crippen molar-refractivity contribution in [2.75, 3.05) is 0 Å². The number of carbonyl (C=O) groups excluding carboxylic acids is 2. The van der Waals surface area contributed by atoms with Gasteiger partial charge in [0.15, 0.2) is 6.10 Å². The van der Waals surface area contributed by atoms with Crippen molar-refractivity contribution in [1.82, 2.24) is 5.32 Å². The summed E-state index contributed by atoms with van der Waals surface area (Å²) in [4.78, 5) is 23.8. The van der Waals surface area contributed by atoms with Gasteiger partial charge in [0.2, 0.25) is 5.76 Å². The minimum Gasteiger partial charge on any atom is -0.486 e. The lowest BCUT2D eigenvalue weighted by atomic mass is 10.3. The molecule has 0 saturated heterocycles. The van der Waals surface area contributed by atoms with Crippen molar-refractivity contribution >= 4 is 11.9 Å². The van der Waals surface area contributed by atoms with E-state index in [0.29, 0.717) is 11.5 Å². The van der Waals surface area contributed by atoms with Crippen molar-refractivity contribution in [3.63, 3.8) is 0 Å². The van der Waals surface area contributed by atoms with Crippen molar-refractivity contribution in [2.24, 2.45) is 0 Å². The zero-order chi connectivity index (χ0) is 16.9. The minimum atomic E-state index is -0.854. The van der Waals surface area contributed by atoms with E-state index in [4.69, 9.17) is 13.9 Å². The third-order valence-electron chi connectivity index (χ3n) is 3.56. The Labute approximate surface area is 139 Å². The molecule has 126 valence electrons. The summed E-state index contributed by atoms with van der Waals surface area (Å²) in [7, 11) is 0. The van der Waals surface area contributed by atoms with Gasteiger partial charge in [-0.2, -0.15) is 0 Å². The molecular weight excluding hydrogens is 310 g/mol. The lowest BCUT2D eigenvalue weighted by molar-refractivity contribution is -0.129. The molecule has 0 bridgehead atoms. The number of furan rings is 1. The van der Waals surface area contributed by atoms with E-state index < -0.39 is 12.1 Å². The molecule has 6 heteroatoms. The summed E-state index contributed by atoms with van der Waals surface area (Å²) >= 11 is 0. The van der Waals surface area contributed by atoms with Gasteiger partial charge >= 0.3 is 5.97 Å². The molecule has 0 radical (unpaired) electrons. The van der Waals surface area contributed by atoms with Crippen molar-refractivity contribution in [3.05, 3.63) is 54.0 Å². The molecule has 1 unspecified atom stereocenters. The number of hydrogen-bond donors (Lipinski definition) is 1. The Balaban J connectivity index is 1.50. The van der Waals surface area contributed by atoms with Crippen LogP contribution >= 0.6 is 0 Å². The first kappa shape index (κ1) is 16.1. The molecule has 1 heterocycles. The lowest BCUT2D eigenvalue weighted by Crippen LogP contribution is -2.37. The fraction of sp³-hybridized carbons (Fsp3) is 0.333. The minimum absolute atomic E-state index is 0.0488. The molecule has 1 atom stereocenters. The van der Waals surface area contributed by atoms with Crippen LogP contribution < -0.4 is 10.1 Å². The summed E-state index contributed by atoms with van der Waals surface area (Å²) in [5.41, 5.74) is 0. The van der Waals surface area contributed by atoms with Crippen LogP contribution in [0.3, 0.4) is 0 Å². The fourth-order valence-corrected chi connectivity index (χ4v) is 2.05. The topological polar surface area (TPSA) is 77.8 Å². The molecule has 24 heavy (non-hydrogen) atoms. The highest BCUT2D eigenvalue weighted by Gasteiger charge is 2.28. The maximum absolute atomic E-state index is 12.0. The number of amides is 1. The van der Waals surface area contributed by atoms with E-state index in [2.05, 4.69) is 5.32 Å². The summed E-state index contributed by atoms with van der Waals surface area (Å²) in [5, 5.41) is 2.79. The van der Waals surface area contributed by atoms with Crippen LogP contribution in [-0.2, 0) is 16.1 Å². The third kappa shape index (κ3) is 4.38. The van der Waals surface area contributed by atoms with E-state index in [0.717, 1.165) is 12.8 Å². The van der Waals surface area contributed by atoms with E-state index >= 15 is 0 Å².